The van der Waals surface area contributed by atoms with Crippen LogP contribution in [0.3, 0.4) is 0 Å². The topological polar surface area (TPSA) is 69.9 Å². The largest absolute Gasteiger partial charge is 0.388 e. The summed E-state index contributed by atoms with van der Waals surface area (Å²) in [5.41, 5.74) is 0. The van der Waals surface area contributed by atoms with E-state index in [-0.39, 0.29) is 139 Å². The van der Waals surface area contributed by atoms with E-state index in [0.29, 0.717) is 0 Å². The quantitative estimate of drug-likeness (QED) is 0.308. The first-order valence-electron chi connectivity index (χ1n) is 4.28. The summed E-state index contributed by atoms with van der Waals surface area (Å²) in [6.07, 6.45) is -3.38. The minimum Gasteiger partial charge on any atom is -0.388 e. The molecule has 4 nitrogen and oxygen atoms in total. The van der Waals surface area contributed by atoms with Crippen LogP contribution in [0.4, 0.5) is 0 Å². The van der Waals surface area contributed by atoms with E-state index in [4.69, 9.17) is 20.1 Å². The first-order chi connectivity index (χ1) is 5.63. The van der Waals surface area contributed by atoms with Gasteiger partial charge in [0.1, 0.15) is 18.3 Å². The van der Waals surface area contributed by atoms with Crippen molar-refractivity contribution in [3.8, 4) is 0 Å². The normalized spacial score (nSPS) is 33.2. The second-order valence-electron chi connectivity index (χ2n) is 2.59. The summed E-state index contributed by atoms with van der Waals surface area (Å²) in [4.78, 5) is 0. The van der Waals surface area contributed by atoms with E-state index in [1.807, 2.05) is 13.8 Å². The third kappa shape index (κ3) is 10.6. The van der Waals surface area contributed by atoms with Crippen molar-refractivity contribution < 1.29 is 152 Å². The van der Waals surface area contributed by atoms with E-state index in [1.165, 1.54) is 0 Å². The van der Waals surface area contributed by atoms with Gasteiger partial charge in [-0.25, -0.2) is 0 Å². The maximum atomic E-state index is 9.08. The van der Waals surface area contributed by atoms with Gasteiger partial charge in [-0.1, -0.05) is 13.8 Å². The zero-order valence-electron chi connectivity index (χ0n) is 9.50. The third-order valence-electron chi connectivity index (χ3n) is 1.75. The van der Waals surface area contributed by atoms with Gasteiger partial charge >= 0.3 is 0 Å². The molecule has 1 heterocycles. The fourth-order valence-electron chi connectivity index (χ4n) is 0.953. The van der Waals surface area contributed by atoms with Crippen LogP contribution in [-0.4, -0.2) is 46.3 Å². The molecule has 0 spiro atoms. The van der Waals surface area contributed by atoms with Crippen LogP contribution in [-0.2, 0) is 4.74 Å². The van der Waals surface area contributed by atoms with Gasteiger partial charge in [0.15, 0.2) is 0 Å². The molecule has 1 aliphatic heterocycles. The van der Waals surface area contributed by atoms with Crippen LogP contribution in [0.15, 0.2) is 0 Å². The molecule has 1 fully saturated rings. The first kappa shape index (κ1) is 27.5. The van der Waals surface area contributed by atoms with Crippen LogP contribution < -0.4 is 0 Å². The number of ether oxygens (including phenoxy) is 1. The van der Waals surface area contributed by atoms with Crippen molar-refractivity contribution >= 4 is 0 Å². The molecule has 3 N–H and O–H groups in total. The van der Waals surface area contributed by atoms with Crippen molar-refractivity contribution in [2.75, 3.05) is 6.61 Å². The van der Waals surface area contributed by atoms with E-state index < -0.39 is 24.4 Å². The van der Waals surface area contributed by atoms with E-state index in [0.717, 1.165) is 0 Å². The summed E-state index contributed by atoms with van der Waals surface area (Å²) >= 11 is 0. The Morgan fingerprint density at radius 1 is 0.933 bits per heavy atom. The predicted octanol–water partition coefficient (Wildman–Crippen LogP) is -0.486. The van der Waals surface area contributed by atoms with Gasteiger partial charge in [-0.05, 0) is 6.92 Å². The first-order valence-corrected chi connectivity index (χ1v) is 4.28. The van der Waals surface area contributed by atoms with Crippen LogP contribution in [0.5, 0.6) is 0 Å². The summed E-state index contributed by atoms with van der Waals surface area (Å²) < 4.78 is 4.91. The van der Waals surface area contributed by atoms with Crippen molar-refractivity contribution in [1.29, 1.82) is 0 Å². The van der Waals surface area contributed by atoms with Gasteiger partial charge in [-0.2, -0.15) is 0 Å². The monoisotopic (exact) mass is 859 g/mol. The molecule has 1 aliphatic rings. The number of hydrogen-bond acceptors (Lipinski definition) is 4. The third-order valence-corrected chi connectivity index (χ3v) is 1.75. The molecule has 0 aromatic carbocycles. The molecule has 7 heteroatoms. The van der Waals surface area contributed by atoms with E-state index in [1.54, 1.807) is 6.92 Å². The predicted molar refractivity (Wildman–Crippen MR) is 44.8 cm³/mol. The smallest absolute Gasteiger partial charge is 0.110 e. The number of aliphatic hydroxyl groups is 3. The number of aliphatic hydroxyl groups excluding tert-OH is 3. The minimum atomic E-state index is -1.07. The Balaban J connectivity index is -0.000000114. The van der Waals surface area contributed by atoms with Crippen LogP contribution in [0.2, 0.25) is 0 Å². The van der Waals surface area contributed by atoms with Crippen LogP contribution in [0.25, 0.3) is 0 Å². The summed E-state index contributed by atoms with van der Waals surface area (Å²) in [6, 6.07) is 0. The van der Waals surface area contributed by atoms with Gasteiger partial charge in [0, 0.05) is 132 Å². The minimum absolute atomic E-state index is 0. The van der Waals surface area contributed by atoms with E-state index in [2.05, 4.69) is 0 Å². The Kier molecular flexibility index (Phi) is 29.7. The summed E-state index contributed by atoms with van der Waals surface area (Å²) in [5, 5.41) is 27.0. The Morgan fingerprint density at radius 2 is 1.33 bits per heavy atom. The second kappa shape index (κ2) is 16.2. The molecule has 1 rings (SSSR count). The Morgan fingerprint density at radius 3 is 1.67 bits per heavy atom. The van der Waals surface area contributed by atoms with Gasteiger partial charge in [-0.3, -0.25) is 0 Å². The molecule has 4 atom stereocenters. The molecule has 0 aromatic heterocycles. The molecule has 0 saturated carbocycles. The summed E-state index contributed by atoms with van der Waals surface area (Å²) in [5.74, 6) is 0. The van der Waals surface area contributed by atoms with Gasteiger partial charge < -0.3 is 20.1 Å². The zero-order chi connectivity index (χ0) is 9.72. The van der Waals surface area contributed by atoms with Gasteiger partial charge in [0.25, 0.3) is 0 Å². The Hall–Kier alpha value is 4.16. The van der Waals surface area contributed by atoms with Crippen molar-refractivity contribution in [1.82, 2.24) is 0 Å². The van der Waals surface area contributed by atoms with Crippen LogP contribution in [0.1, 0.15) is 20.8 Å². The molecule has 0 bridgehead atoms. The van der Waals surface area contributed by atoms with E-state index >= 15 is 0 Å². The Labute approximate surface area is 199 Å². The second-order valence-corrected chi connectivity index (χ2v) is 2.59. The molecular formula is C8H18Ac3O4. The Bertz CT molecular complexity index is 114. The van der Waals surface area contributed by atoms with E-state index in [9.17, 15) is 0 Å². The van der Waals surface area contributed by atoms with Crippen molar-refractivity contribution in [2.45, 2.75) is 45.2 Å². The van der Waals surface area contributed by atoms with Crippen molar-refractivity contribution in [3.05, 3.63) is 0 Å². The average Bonchev–Trinajstić information content (AvgIpc) is 2.12. The molecule has 83 valence electrons. The molecule has 3 radical (unpaired) electrons. The molecule has 3 unspecified atom stereocenters. The number of hydrogen-bond donors (Lipinski definition) is 3. The molecular weight excluding hydrogens is 841 g/mol. The number of rotatable bonds is 0. The van der Waals surface area contributed by atoms with Gasteiger partial charge in [0.2, 0.25) is 0 Å². The maximum absolute atomic E-state index is 9.08. The molecule has 0 amide bonds. The average molecular weight is 859 g/mol. The molecule has 0 aliphatic carbocycles. The van der Waals surface area contributed by atoms with Crippen LogP contribution >= 0.6 is 0 Å². The fourth-order valence-corrected chi connectivity index (χ4v) is 0.953. The standard InChI is InChI=1S/C6H12O4.C2H6.3Ac/c1-3-5(8)6(9)4(7)2-10-3;1-2;;;/h3-9H,2H2,1H3;1-2H3;;;/t3-,4?,5?,6?;;;;/m0..../s1. The molecule has 15 heavy (non-hydrogen) atoms. The SMILES string of the molecule is CC.C[C@@H]1OCC(O)C(O)C1O.[Ac].[Ac].[Ac]. The van der Waals surface area contributed by atoms with Crippen molar-refractivity contribution in [3.63, 3.8) is 0 Å². The summed E-state index contributed by atoms with van der Waals surface area (Å²) in [7, 11) is 0. The fraction of sp³-hybridized carbons (Fsp3) is 1.00. The maximum Gasteiger partial charge on any atom is 0.110 e. The van der Waals surface area contributed by atoms with Gasteiger partial charge in [-0.15, -0.1) is 0 Å². The van der Waals surface area contributed by atoms with Gasteiger partial charge in [0.05, 0.1) is 12.7 Å². The zero-order valence-corrected chi connectivity index (χ0v) is 23.7. The molecule has 0 aromatic rings. The van der Waals surface area contributed by atoms with Crippen LogP contribution in [0, 0.1) is 132 Å². The molecule has 1 saturated heterocycles. The summed E-state index contributed by atoms with van der Waals surface area (Å²) in [6.45, 7) is 5.75. The van der Waals surface area contributed by atoms with Crippen molar-refractivity contribution in [2.24, 2.45) is 0 Å².